The van der Waals surface area contributed by atoms with Gasteiger partial charge in [0.2, 0.25) is 5.90 Å². The van der Waals surface area contributed by atoms with Crippen LogP contribution in [0.2, 0.25) is 0 Å². The van der Waals surface area contributed by atoms with Crippen LogP contribution in [0.3, 0.4) is 0 Å². The van der Waals surface area contributed by atoms with E-state index in [0.717, 1.165) is 0 Å². The highest BCUT2D eigenvalue weighted by Gasteiger charge is 2.01. The lowest BCUT2D eigenvalue weighted by atomic mass is 10.4. The smallest absolute Gasteiger partial charge is 0.203 e. The summed E-state index contributed by atoms with van der Waals surface area (Å²) in [6, 6.07) is 0.338. The number of hydrogen-bond donors (Lipinski definition) is 3. The third-order valence-electron chi connectivity index (χ3n) is 1.24. The zero-order valence-corrected chi connectivity index (χ0v) is 7.90. The Morgan fingerprint density at radius 2 is 1.92 bits per heavy atom. The Morgan fingerprint density at radius 1 is 1.33 bits per heavy atom. The lowest BCUT2D eigenvalue weighted by Crippen LogP contribution is -2.30. The molecule has 70 valence electrons. The van der Waals surface area contributed by atoms with E-state index in [0.29, 0.717) is 19.0 Å². The van der Waals surface area contributed by atoms with E-state index < -0.39 is 0 Å². The van der Waals surface area contributed by atoms with E-state index in [-0.39, 0.29) is 11.8 Å². The molecular weight excluding hydrogens is 154 g/mol. The van der Waals surface area contributed by atoms with Gasteiger partial charge in [-0.25, -0.2) is 0 Å². The minimum Gasteiger partial charge on any atom is -0.428 e. The highest BCUT2D eigenvalue weighted by Crippen LogP contribution is 1.86. The van der Waals surface area contributed by atoms with E-state index in [1.165, 1.54) is 0 Å². The normalized spacial score (nSPS) is 10.0. The molecule has 0 aromatic carbocycles. The van der Waals surface area contributed by atoms with Crippen molar-refractivity contribution in [2.75, 3.05) is 6.54 Å². The first-order valence-electron chi connectivity index (χ1n) is 4.12. The summed E-state index contributed by atoms with van der Waals surface area (Å²) in [6.45, 7) is 6.21. The van der Waals surface area contributed by atoms with Crippen molar-refractivity contribution in [1.82, 2.24) is 5.32 Å². The quantitative estimate of drug-likeness (QED) is 0.441. The fourth-order valence-corrected chi connectivity index (χ4v) is 0.554. The summed E-state index contributed by atoms with van der Waals surface area (Å²) >= 11 is 0. The van der Waals surface area contributed by atoms with E-state index in [1.54, 1.807) is 0 Å². The van der Waals surface area contributed by atoms with E-state index in [2.05, 4.69) is 5.32 Å². The predicted octanol–water partition coefficient (Wildman–Crippen LogP) is 1.37. The molecule has 0 aromatic rings. The van der Waals surface area contributed by atoms with Crippen molar-refractivity contribution in [3.05, 3.63) is 0 Å². The van der Waals surface area contributed by atoms with E-state index >= 15 is 0 Å². The molecule has 0 aromatic heterocycles. The molecule has 0 aliphatic heterocycles. The fraction of sp³-hybridized carbons (Fsp3) is 0.750. The van der Waals surface area contributed by atoms with E-state index in [9.17, 15) is 0 Å². The standard InChI is InChI=1S/C8H17N3O/c1-4-7(9)12-8(10)5-11-6(2)3/h6,9-11H,4-5H2,1-3H3. The Kier molecular flexibility index (Phi) is 5.28. The van der Waals surface area contributed by atoms with Gasteiger partial charge in [0, 0.05) is 12.5 Å². The molecule has 0 rings (SSSR count). The maximum atomic E-state index is 7.29. The van der Waals surface area contributed by atoms with Crippen molar-refractivity contribution in [2.24, 2.45) is 0 Å². The van der Waals surface area contributed by atoms with Crippen molar-refractivity contribution >= 4 is 11.8 Å². The summed E-state index contributed by atoms with van der Waals surface area (Å²) in [5.74, 6) is 0.251. The van der Waals surface area contributed by atoms with E-state index in [4.69, 9.17) is 15.6 Å². The molecule has 0 amide bonds. The zero-order valence-electron chi connectivity index (χ0n) is 7.90. The second kappa shape index (κ2) is 5.71. The molecule has 0 atom stereocenters. The van der Waals surface area contributed by atoms with Crippen LogP contribution in [-0.2, 0) is 4.74 Å². The monoisotopic (exact) mass is 171 g/mol. The molecule has 0 bridgehead atoms. The highest BCUT2D eigenvalue weighted by atomic mass is 16.5. The topological polar surface area (TPSA) is 69.0 Å². The first-order chi connectivity index (χ1) is 5.56. The lowest BCUT2D eigenvalue weighted by Gasteiger charge is -2.09. The molecule has 0 fully saturated rings. The molecule has 0 saturated heterocycles. The highest BCUT2D eigenvalue weighted by molar-refractivity contribution is 5.89. The van der Waals surface area contributed by atoms with Gasteiger partial charge in [-0.1, -0.05) is 20.8 Å². The summed E-state index contributed by atoms with van der Waals surface area (Å²) < 4.78 is 4.85. The number of rotatable bonds is 4. The average molecular weight is 171 g/mol. The van der Waals surface area contributed by atoms with Gasteiger partial charge in [-0.2, -0.15) is 0 Å². The third-order valence-corrected chi connectivity index (χ3v) is 1.24. The second-order valence-corrected chi connectivity index (χ2v) is 2.84. The first kappa shape index (κ1) is 11.1. The summed E-state index contributed by atoms with van der Waals surface area (Å²) in [5.41, 5.74) is 0. The molecule has 4 nitrogen and oxygen atoms in total. The zero-order chi connectivity index (χ0) is 9.56. The van der Waals surface area contributed by atoms with Gasteiger partial charge in [0.15, 0.2) is 5.90 Å². The lowest BCUT2D eigenvalue weighted by molar-refractivity contribution is 0.489. The van der Waals surface area contributed by atoms with Crippen LogP contribution in [0.15, 0.2) is 0 Å². The first-order valence-corrected chi connectivity index (χ1v) is 4.12. The predicted molar refractivity (Wildman–Crippen MR) is 50.0 cm³/mol. The molecule has 0 saturated carbocycles. The molecule has 0 aliphatic carbocycles. The summed E-state index contributed by atoms with van der Waals surface area (Å²) in [7, 11) is 0. The van der Waals surface area contributed by atoms with Crippen LogP contribution in [0.25, 0.3) is 0 Å². The molecule has 0 radical (unpaired) electrons. The second-order valence-electron chi connectivity index (χ2n) is 2.84. The maximum absolute atomic E-state index is 7.29. The summed E-state index contributed by atoms with van der Waals surface area (Å²) in [5, 5.41) is 17.5. The van der Waals surface area contributed by atoms with Crippen LogP contribution < -0.4 is 5.32 Å². The molecule has 0 spiro atoms. The number of hydrogen-bond acceptors (Lipinski definition) is 4. The van der Waals surface area contributed by atoms with Crippen LogP contribution in [0, 0.1) is 10.8 Å². The minimum atomic E-state index is 0.107. The van der Waals surface area contributed by atoms with Crippen molar-refractivity contribution in [3.63, 3.8) is 0 Å². The molecule has 0 heterocycles. The van der Waals surface area contributed by atoms with Crippen LogP contribution in [-0.4, -0.2) is 24.4 Å². The summed E-state index contributed by atoms with van der Waals surface area (Å²) in [6.07, 6.45) is 0.532. The van der Waals surface area contributed by atoms with Gasteiger partial charge in [0.1, 0.15) is 0 Å². The van der Waals surface area contributed by atoms with Crippen LogP contribution >= 0.6 is 0 Å². The molecule has 3 N–H and O–H groups in total. The number of ether oxygens (including phenoxy) is 1. The van der Waals surface area contributed by atoms with Gasteiger partial charge in [-0.15, -0.1) is 0 Å². The van der Waals surface area contributed by atoms with Crippen LogP contribution in [0.4, 0.5) is 0 Å². The third kappa shape index (κ3) is 5.85. The van der Waals surface area contributed by atoms with E-state index in [1.807, 2.05) is 20.8 Å². The van der Waals surface area contributed by atoms with Crippen molar-refractivity contribution in [3.8, 4) is 0 Å². The van der Waals surface area contributed by atoms with Crippen molar-refractivity contribution < 1.29 is 4.74 Å². The van der Waals surface area contributed by atoms with Gasteiger partial charge in [-0.05, 0) is 0 Å². The minimum absolute atomic E-state index is 0.107. The summed E-state index contributed by atoms with van der Waals surface area (Å²) in [4.78, 5) is 0. The van der Waals surface area contributed by atoms with Crippen molar-refractivity contribution in [2.45, 2.75) is 33.2 Å². The molecule has 0 aliphatic rings. The van der Waals surface area contributed by atoms with Gasteiger partial charge in [-0.3, -0.25) is 10.8 Å². The van der Waals surface area contributed by atoms with Crippen LogP contribution in [0.5, 0.6) is 0 Å². The fourth-order valence-electron chi connectivity index (χ4n) is 0.554. The average Bonchev–Trinajstić information content (AvgIpc) is 2.00. The van der Waals surface area contributed by atoms with Crippen LogP contribution in [0.1, 0.15) is 27.2 Å². The Balaban J connectivity index is 3.53. The largest absolute Gasteiger partial charge is 0.428 e. The SMILES string of the molecule is CCC(=N)OC(=N)CNC(C)C. The van der Waals surface area contributed by atoms with Gasteiger partial charge in [0.25, 0.3) is 0 Å². The van der Waals surface area contributed by atoms with Crippen molar-refractivity contribution in [1.29, 1.82) is 10.8 Å². The Morgan fingerprint density at radius 3 is 2.33 bits per heavy atom. The molecular formula is C8H17N3O. The Hall–Kier alpha value is -0.900. The molecule has 4 heteroatoms. The maximum Gasteiger partial charge on any atom is 0.203 e. The molecule has 0 unspecified atom stereocenters. The van der Waals surface area contributed by atoms with Gasteiger partial charge in [0.05, 0.1) is 6.54 Å². The molecule has 12 heavy (non-hydrogen) atoms. The number of nitrogens with one attached hydrogen (secondary N) is 3. The Bertz CT molecular complexity index is 166. The van der Waals surface area contributed by atoms with Gasteiger partial charge >= 0.3 is 0 Å². The Labute approximate surface area is 73.3 Å². The van der Waals surface area contributed by atoms with Gasteiger partial charge < -0.3 is 10.1 Å².